The second-order valence-corrected chi connectivity index (χ2v) is 5.07. The Kier molecular flexibility index (Phi) is 4.75. The van der Waals surface area contributed by atoms with Gasteiger partial charge in [-0.2, -0.15) is 0 Å². The molecule has 0 spiro atoms. The molecule has 0 bridgehead atoms. The number of likely N-dealkylation sites (N-methyl/N-ethyl adjacent to an activating group) is 1. The van der Waals surface area contributed by atoms with Crippen LogP contribution in [0.2, 0.25) is 0 Å². The number of hydrogen-bond donors (Lipinski definition) is 1. The van der Waals surface area contributed by atoms with E-state index in [1.54, 1.807) is 0 Å². The third-order valence-corrected chi connectivity index (χ3v) is 3.49. The Morgan fingerprint density at radius 1 is 1.11 bits per heavy atom. The van der Waals surface area contributed by atoms with Crippen LogP contribution in [0, 0.1) is 0 Å². The van der Waals surface area contributed by atoms with Gasteiger partial charge < -0.3 is 14.8 Å². The van der Waals surface area contributed by atoms with Crippen LogP contribution in [0.1, 0.15) is 36.9 Å². The third kappa shape index (κ3) is 3.10. The molecular weight excluding hydrogens is 226 g/mol. The first-order valence-corrected chi connectivity index (χ1v) is 6.69. The van der Waals surface area contributed by atoms with Gasteiger partial charge in [-0.1, -0.05) is 38.1 Å². The van der Waals surface area contributed by atoms with E-state index in [0.29, 0.717) is 25.7 Å². The van der Waals surface area contributed by atoms with Crippen molar-refractivity contribution in [3.05, 3.63) is 35.4 Å². The molecule has 1 N–H and O–H groups in total. The van der Waals surface area contributed by atoms with E-state index in [0.717, 1.165) is 0 Å². The van der Waals surface area contributed by atoms with E-state index in [1.807, 2.05) is 7.05 Å². The second kappa shape index (κ2) is 6.32. The monoisotopic (exact) mass is 249 g/mol. The van der Waals surface area contributed by atoms with Gasteiger partial charge in [0.25, 0.3) is 0 Å². The molecule has 1 aliphatic rings. The highest BCUT2D eigenvalue weighted by molar-refractivity contribution is 5.27. The highest BCUT2D eigenvalue weighted by Crippen LogP contribution is 2.23. The molecule has 1 fully saturated rings. The van der Waals surface area contributed by atoms with Crippen molar-refractivity contribution < 1.29 is 9.47 Å². The normalized spacial score (nSPS) is 22.1. The number of hydrogen-bond acceptors (Lipinski definition) is 3. The molecule has 1 aromatic rings. The first-order chi connectivity index (χ1) is 8.72. The van der Waals surface area contributed by atoms with Crippen molar-refractivity contribution in [3.63, 3.8) is 0 Å². The first kappa shape index (κ1) is 13.5. The molecule has 0 saturated carbocycles. The van der Waals surface area contributed by atoms with E-state index in [9.17, 15) is 0 Å². The van der Waals surface area contributed by atoms with E-state index in [4.69, 9.17) is 9.47 Å². The summed E-state index contributed by atoms with van der Waals surface area (Å²) in [5.74, 6) is 0.571. The van der Waals surface area contributed by atoms with Crippen LogP contribution in [0.4, 0.5) is 0 Å². The molecule has 18 heavy (non-hydrogen) atoms. The van der Waals surface area contributed by atoms with Crippen molar-refractivity contribution in [2.45, 2.75) is 31.9 Å². The van der Waals surface area contributed by atoms with Crippen molar-refractivity contribution in [1.29, 1.82) is 0 Å². The predicted octanol–water partition coefficient (Wildman–Crippen LogP) is 2.49. The van der Waals surface area contributed by atoms with Gasteiger partial charge in [-0.25, -0.2) is 0 Å². The van der Waals surface area contributed by atoms with Crippen molar-refractivity contribution >= 4 is 0 Å². The van der Waals surface area contributed by atoms with Gasteiger partial charge in [0, 0.05) is 0 Å². The molecular formula is C15H23NO2. The van der Waals surface area contributed by atoms with Gasteiger partial charge in [-0.05, 0) is 24.1 Å². The minimum absolute atomic E-state index is 0.105. The molecule has 1 aromatic carbocycles. The lowest BCUT2D eigenvalue weighted by Crippen LogP contribution is -2.39. The summed E-state index contributed by atoms with van der Waals surface area (Å²) < 4.78 is 11.3. The van der Waals surface area contributed by atoms with Crippen LogP contribution in [-0.4, -0.2) is 33.0 Å². The summed E-state index contributed by atoms with van der Waals surface area (Å²) in [6.45, 7) is 6.48. The van der Waals surface area contributed by atoms with Gasteiger partial charge in [0.05, 0.1) is 25.9 Å². The predicted molar refractivity (Wildman–Crippen MR) is 72.9 cm³/mol. The lowest BCUT2D eigenvalue weighted by molar-refractivity contribution is -0.101. The van der Waals surface area contributed by atoms with Crippen LogP contribution >= 0.6 is 0 Å². The molecule has 2 unspecified atom stereocenters. The Balaban J connectivity index is 2.11. The van der Waals surface area contributed by atoms with Crippen molar-refractivity contribution in [3.8, 4) is 0 Å². The SMILES string of the molecule is CNC(c1ccc(C(C)C)cc1)C1COCCO1. The summed E-state index contributed by atoms with van der Waals surface area (Å²) in [4.78, 5) is 0. The van der Waals surface area contributed by atoms with Gasteiger partial charge in [0.2, 0.25) is 0 Å². The number of nitrogens with one attached hydrogen (secondary N) is 1. The fourth-order valence-electron chi connectivity index (χ4n) is 2.35. The van der Waals surface area contributed by atoms with E-state index in [-0.39, 0.29) is 12.1 Å². The van der Waals surface area contributed by atoms with E-state index in [2.05, 4.69) is 43.4 Å². The molecule has 2 atom stereocenters. The third-order valence-electron chi connectivity index (χ3n) is 3.49. The first-order valence-electron chi connectivity index (χ1n) is 6.69. The summed E-state index contributed by atoms with van der Waals surface area (Å²) in [6.07, 6.45) is 0.105. The average molecular weight is 249 g/mol. The molecule has 2 rings (SSSR count). The van der Waals surface area contributed by atoms with Crippen LogP contribution in [0.3, 0.4) is 0 Å². The average Bonchev–Trinajstić information content (AvgIpc) is 2.41. The minimum atomic E-state index is 0.105. The van der Waals surface area contributed by atoms with Crippen LogP contribution in [-0.2, 0) is 9.47 Å². The zero-order valence-electron chi connectivity index (χ0n) is 11.5. The Morgan fingerprint density at radius 2 is 1.78 bits per heavy atom. The molecule has 1 heterocycles. The summed E-state index contributed by atoms with van der Waals surface area (Å²) in [7, 11) is 1.97. The van der Waals surface area contributed by atoms with E-state index < -0.39 is 0 Å². The number of benzene rings is 1. The fraction of sp³-hybridized carbons (Fsp3) is 0.600. The zero-order valence-corrected chi connectivity index (χ0v) is 11.5. The molecule has 0 radical (unpaired) electrons. The van der Waals surface area contributed by atoms with E-state index >= 15 is 0 Å². The Morgan fingerprint density at radius 3 is 2.28 bits per heavy atom. The largest absolute Gasteiger partial charge is 0.376 e. The van der Waals surface area contributed by atoms with Crippen molar-refractivity contribution in [2.75, 3.05) is 26.9 Å². The van der Waals surface area contributed by atoms with Crippen LogP contribution in [0.5, 0.6) is 0 Å². The summed E-state index contributed by atoms with van der Waals surface area (Å²) in [5, 5.41) is 3.33. The standard InChI is InChI=1S/C15H23NO2/c1-11(2)12-4-6-13(7-5-12)15(16-3)14-10-17-8-9-18-14/h4-7,11,14-16H,8-10H2,1-3H3. The highest BCUT2D eigenvalue weighted by atomic mass is 16.6. The summed E-state index contributed by atoms with van der Waals surface area (Å²) in [6, 6.07) is 8.98. The van der Waals surface area contributed by atoms with Gasteiger partial charge in [-0.15, -0.1) is 0 Å². The Labute approximate surface area is 109 Å². The maximum absolute atomic E-state index is 5.78. The minimum Gasteiger partial charge on any atom is -0.376 e. The molecule has 0 amide bonds. The molecule has 1 saturated heterocycles. The van der Waals surface area contributed by atoms with Crippen LogP contribution in [0.25, 0.3) is 0 Å². The highest BCUT2D eigenvalue weighted by Gasteiger charge is 2.25. The topological polar surface area (TPSA) is 30.5 Å². The number of rotatable bonds is 4. The Hall–Kier alpha value is -0.900. The lowest BCUT2D eigenvalue weighted by atomic mass is 9.96. The quantitative estimate of drug-likeness (QED) is 0.889. The van der Waals surface area contributed by atoms with Crippen molar-refractivity contribution in [2.24, 2.45) is 0 Å². The smallest absolute Gasteiger partial charge is 0.100 e. The van der Waals surface area contributed by atoms with Gasteiger partial charge >= 0.3 is 0 Å². The van der Waals surface area contributed by atoms with Crippen LogP contribution < -0.4 is 5.32 Å². The maximum atomic E-state index is 5.78. The van der Waals surface area contributed by atoms with Gasteiger partial charge in [-0.3, -0.25) is 0 Å². The summed E-state index contributed by atoms with van der Waals surface area (Å²) in [5.41, 5.74) is 2.63. The molecule has 3 nitrogen and oxygen atoms in total. The van der Waals surface area contributed by atoms with Gasteiger partial charge in [0.1, 0.15) is 6.10 Å². The molecule has 3 heteroatoms. The van der Waals surface area contributed by atoms with Crippen LogP contribution in [0.15, 0.2) is 24.3 Å². The summed E-state index contributed by atoms with van der Waals surface area (Å²) >= 11 is 0. The maximum Gasteiger partial charge on any atom is 0.100 e. The molecule has 100 valence electrons. The van der Waals surface area contributed by atoms with Crippen molar-refractivity contribution in [1.82, 2.24) is 5.32 Å². The fourth-order valence-corrected chi connectivity index (χ4v) is 2.35. The van der Waals surface area contributed by atoms with E-state index in [1.165, 1.54) is 11.1 Å². The Bertz CT molecular complexity index is 355. The number of ether oxygens (including phenoxy) is 2. The molecule has 1 aliphatic heterocycles. The lowest BCUT2D eigenvalue weighted by Gasteiger charge is -2.30. The molecule has 0 aliphatic carbocycles. The molecule has 0 aromatic heterocycles. The second-order valence-electron chi connectivity index (χ2n) is 5.07. The zero-order chi connectivity index (χ0) is 13.0. The van der Waals surface area contributed by atoms with Gasteiger partial charge in [0.15, 0.2) is 0 Å².